The van der Waals surface area contributed by atoms with Gasteiger partial charge in [-0.05, 0) is 36.6 Å². The average Bonchev–Trinajstić information content (AvgIpc) is 2.48. The minimum absolute atomic E-state index is 0.140. The molecule has 116 valence electrons. The Morgan fingerprint density at radius 3 is 2.38 bits per heavy atom. The van der Waals surface area contributed by atoms with Crippen molar-refractivity contribution in [2.75, 3.05) is 6.61 Å². The Morgan fingerprint density at radius 1 is 1.19 bits per heavy atom. The van der Waals surface area contributed by atoms with E-state index < -0.39 is 12.1 Å². The number of rotatable bonds is 8. The number of hydrogen-bond donors (Lipinski definition) is 1. The normalized spacial score (nSPS) is 11.7. The first-order chi connectivity index (χ1) is 10.1. The molecule has 0 bridgehead atoms. The van der Waals surface area contributed by atoms with Crippen LogP contribution in [-0.4, -0.2) is 23.8 Å². The maximum atomic E-state index is 11.6. The minimum Gasteiger partial charge on any atom is -0.478 e. The monoisotopic (exact) mass is 294 g/mol. The molecule has 21 heavy (non-hydrogen) atoms. The van der Waals surface area contributed by atoms with Crippen LogP contribution < -0.4 is 4.74 Å². The topological polar surface area (TPSA) is 72.8 Å². The van der Waals surface area contributed by atoms with Gasteiger partial charge in [0.1, 0.15) is 5.75 Å². The molecule has 5 heteroatoms. The van der Waals surface area contributed by atoms with Gasteiger partial charge in [-0.25, -0.2) is 9.59 Å². The fourth-order valence-electron chi connectivity index (χ4n) is 1.88. The summed E-state index contributed by atoms with van der Waals surface area (Å²) in [6.45, 7) is 4.55. The zero-order chi connectivity index (χ0) is 15.7. The first kappa shape index (κ1) is 17.0. The number of carbonyl (C=O) groups excluding carboxylic acids is 1. The van der Waals surface area contributed by atoms with Gasteiger partial charge in [0.15, 0.2) is 0 Å². The van der Waals surface area contributed by atoms with E-state index in [9.17, 15) is 9.59 Å². The molecule has 1 aromatic rings. The lowest BCUT2D eigenvalue weighted by atomic mass is 10.0. The molecule has 1 rings (SSSR count). The smallest absolute Gasteiger partial charge is 0.478 e. The summed E-state index contributed by atoms with van der Waals surface area (Å²) < 4.78 is 10.1. The van der Waals surface area contributed by atoms with E-state index in [4.69, 9.17) is 14.6 Å². The fraction of sp³-hybridized carbons (Fsp3) is 0.500. The van der Waals surface area contributed by atoms with Gasteiger partial charge < -0.3 is 14.6 Å². The Hall–Kier alpha value is -2.04. The molecule has 0 heterocycles. The summed E-state index contributed by atoms with van der Waals surface area (Å²) in [4.78, 5) is 22.3. The highest BCUT2D eigenvalue weighted by molar-refractivity contribution is 5.87. The quantitative estimate of drug-likeness (QED) is 0.577. The molecule has 0 saturated carbocycles. The summed E-state index contributed by atoms with van der Waals surface area (Å²) in [5.74, 6) is -0.399. The van der Waals surface area contributed by atoms with Crippen LogP contribution in [0.15, 0.2) is 24.3 Å². The molecule has 1 aromatic carbocycles. The number of ether oxygens (including phenoxy) is 2. The molecule has 0 saturated heterocycles. The van der Waals surface area contributed by atoms with Gasteiger partial charge in [-0.1, -0.05) is 33.1 Å². The van der Waals surface area contributed by atoms with Gasteiger partial charge in [0.2, 0.25) is 0 Å². The molecule has 0 aliphatic carbocycles. The maximum absolute atomic E-state index is 11.6. The summed E-state index contributed by atoms with van der Waals surface area (Å²) >= 11 is 0. The summed E-state index contributed by atoms with van der Waals surface area (Å²) in [6, 6.07) is 5.61. The molecule has 0 radical (unpaired) electrons. The van der Waals surface area contributed by atoms with Crippen LogP contribution in [0.1, 0.15) is 49.9 Å². The third-order valence-corrected chi connectivity index (χ3v) is 3.28. The van der Waals surface area contributed by atoms with Gasteiger partial charge in [-0.15, -0.1) is 0 Å². The number of unbranched alkanes of at least 4 members (excludes halogenated alkanes) is 1. The Morgan fingerprint density at radius 2 is 1.86 bits per heavy atom. The van der Waals surface area contributed by atoms with Crippen molar-refractivity contribution in [2.24, 2.45) is 5.92 Å². The van der Waals surface area contributed by atoms with Crippen molar-refractivity contribution < 1.29 is 24.2 Å². The van der Waals surface area contributed by atoms with E-state index in [1.807, 2.05) is 0 Å². The highest BCUT2D eigenvalue weighted by Gasteiger charge is 2.12. The van der Waals surface area contributed by atoms with Crippen LogP contribution in [-0.2, 0) is 4.74 Å². The molecule has 5 nitrogen and oxygen atoms in total. The second-order valence-electron chi connectivity index (χ2n) is 4.91. The number of aromatic carboxylic acids is 1. The predicted octanol–water partition coefficient (Wildman–Crippen LogP) is 4.12. The zero-order valence-corrected chi connectivity index (χ0v) is 12.5. The molecule has 1 atom stereocenters. The van der Waals surface area contributed by atoms with Crippen LogP contribution in [0.25, 0.3) is 0 Å². The molecule has 0 aliphatic rings. The van der Waals surface area contributed by atoms with Gasteiger partial charge in [0, 0.05) is 0 Å². The van der Waals surface area contributed by atoms with E-state index >= 15 is 0 Å². The predicted molar refractivity (Wildman–Crippen MR) is 78.7 cm³/mol. The van der Waals surface area contributed by atoms with Crippen molar-refractivity contribution in [1.29, 1.82) is 0 Å². The highest BCUT2D eigenvalue weighted by atomic mass is 16.7. The molecular weight excluding hydrogens is 272 g/mol. The van der Waals surface area contributed by atoms with Gasteiger partial charge >= 0.3 is 12.1 Å². The van der Waals surface area contributed by atoms with E-state index in [1.165, 1.54) is 24.3 Å². The molecular formula is C16H22O5. The van der Waals surface area contributed by atoms with Crippen molar-refractivity contribution in [3.8, 4) is 5.75 Å². The summed E-state index contributed by atoms with van der Waals surface area (Å²) in [5, 5.41) is 8.77. The van der Waals surface area contributed by atoms with Crippen molar-refractivity contribution in [1.82, 2.24) is 0 Å². The highest BCUT2D eigenvalue weighted by Crippen LogP contribution is 2.15. The molecule has 0 amide bonds. The van der Waals surface area contributed by atoms with E-state index in [-0.39, 0.29) is 11.3 Å². The number of carbonyl (C=O) groups is 2. The van der Waals surface area contributed by atoms with Crippen LogP contribution in [0, 0.1) is 5.92 Å². The molecule has 0 aliphatic heterocycles. The Bertz CT molecular complexity index is 452. The number of carboxylic acids is 1. The SMILES string of the molecule is CCCCC(CC)COC(=O)Oc1ccc(C(=O)O)cc1. The minimum atomic E-state index is -1.02. The maximum Gasteiger partial charge on any atom is 0.513 e. The second kappa shape index (κ2) is 9.00. The van der Waals surface area contributed by atoms with Crippen LogP contribution in [0.4, 0.5) is 4.79 Å². The number of carboxylic acid groups (broad SMARTS) is 1. The van der Waals surface area contributed by atoms with Gasteiger partial charge in [-0.3, -0.25) is 0 Å². The molecule has 0 spiro atoms. The summed E-state index contributed by atoms with van der Waals surface area (Å²) in [7, 11) is 0. The molecule has 1 unspecified atom stereocenters. The average molecular weight is 294 g/mol. The summed E-state index contributed by atoms with van der Waals surface area (Å²) in [6.07, 6.45) is 3.48. The molecule has 0 fully saturated rings. The van der Waals surface area contributed by atoms with E-state index in [0.717, 1.165) is 25.7 Å². The second-order valence-corrected chi connectivity index (χ2v) is 4.91. The Balaban J connectivity index is 2.40. The van der Waals surface area contributed by atoms with Crippen molar-refractivity contribution in [3.63, 3.8) is 0 Å². The van der Waals surface area contributed by atoms with Gasteiger partial charge in [0.05, 0.1) is 12.2 Å². The lowest BCUT2D eigenvalue weighted by molar-refractivity contribution is 0.0697. The Labute approximate surface area is 124 Å². The fourth-order valence-corrected chi connectivity index (χ4v) is 1.88. The first-order valence-corrected chi connectivity index (χ1v) is 7.24. The molecule has 0 aromatic heterocycles. The standard InChI is InChI=1S/C16H22O5/c1-3-5-6-12(4-2)11-20-16(19)21-14-9-7-13(8-10-14)15(17)18/h7-10,12H,3-6,11H2,1-2H3,(H,17,18). The number of benzene rings is 1. The van der Waals surface area contributed by atoms with Crippen LogP contribution in [0.5, 0.6) is 5.75 Å². The third kappa shape index (κ3) is 6.29. The van der Waals surface area contributed by atoms with Crippen LogP contribution >= 0.6 is 0 Å². The van der Waals surface area contributed by atoms with Crippen LogP contribution in [0.3, 0.4) is 0 Å². The van der Waals surface area contributed by atoms with Gasteiger partial charge in [0.25, 0.3) is 0 Å². The first-order valence-electron chi connectivity index (χ1n) is 7.24. The Kier molecular flexibility index (Phi) is 7.29. The summed E-state index contributed by atoms with van der Waals surface area (Å²) in [5.41, 5.74) is 0.140. The van der Waals surface area contributed by atoms with Crippen molar-refractivity contribution >= 4 is 12.1 Å². The zero-order valence-electron chi connectivity index (χ0n) is 12.5. The van der Waals surface area contributed by atoms with E-state index in [0.29, 0.717) is 12.5 Å². The van der Waals surface area contributed by atoms with Crippen molar-refractivity contribution in [2.45, 2.75) is 39.5 Å². The van der Waals surface area contributed by atoms with E-state index in [1.54, 1.807) is 0 Å². The van der Waals surface area contributed by atoms with E-state index in [2.05, 4.69) is 13.8 Å². The number of hydrogen-bond acceptors (Lipinski definition) is 4. The largest absolute Gasteiger partial charge is 0.513 e. The lowest BCUT2D eigenvalue weighted by Gasteiger charge is -2.14. The van der Waals surface area contributed by atoms with Crippen LogP contribution in [0.2, 0.25) is 0 Å². The molecule has 1 N–H and O–H groups in total. The van der Waals surface area contributed by atoms with Gasteiger partial charge in [-0.2, -0.15) is 0 Å². The van der Waals surface area contributed by atoms with Crippen molar-refractivity contribution in [3.05, 3.63) is 29.8 Å². The third-order valence-electron chi connectivity index (χ3n) is 3.28. The lowest BCUT2D eigenvalue weighted by Crippen LogP contribution is -2.17.